The highest BCUT2D eigenvalue weighted by Gasteiger charge is 2.12. The number of aromatic nitrogens is 1. The van der Waals surface area contributed by atoms with Crippen LogP contribution in [0.2, 0.25) is 0 Å². The molecule has 1 aromatic rings. The Hall–Kier alpha value is -0.850. The number of hydrogen-bond donors (Lipinski definition) is 1. The molecule has 0 saturated heterocycles. The van der Waals surface area contributed by atoms with E-state index >= 15 is 0 Å². The molecule has 5 nitrogen and oxygen atoms in total. The number of alkyl halides is 1. The lowest BCUT2D eigenvalue weighted by Gasteiger charge is -2.13. The molecule has 0 bridgehead atoms. The summed E-state index contributed by atoms with van der Waals surface area (Å²) < 4.78 is 30.9. The van der Waals surface area contributed by atoms with E-state index in [4.69, 9.17) is 16.3 Å². The monoisotopic (exact) mass is 292 g/mol. The van der Waals surface area contributed by atoms with E-state index in [0.29, 0.717) is 11.4 Å². The van der Waals surface area contributed by atoms with Crippen molar-refractivity contribution >= 4 is 21.6 Å². The van der Waals surface area contributed by atoms with Crippen molar-refractivity contribution in [3.05, 3.63) is 23.9 Å². The predicted molar refractivity (Wildman–Crippen MR) is 71.3 cm³/mol. The van der Waals surface area contributed by atoms with Crippen molar-refractivity contribution in [2.24, 2.45) is 0 Å². The maximum Gasteiger partial charge on any atom is 0.218 e. The number of halogens is 1. The van der Waals surface area contributed by atoms with Crippen molar-refractivity contribution in [2.75, 3.05) is 11.6 Å². The number of sulfonamides is 1. The predicted octanol–water partition coefficient (Wildman–Crippen LogP) is 1.53. The van der Waals surface area contributed by atoms with Gasteiger partial charge in [0.15, 0.2) is 0 Å². The summed E-state index contributed by atoms with van der Waals surface area (Å²) in [5, 5.41) is 0. The van der Waals surface area contributed by atoms with Crippen LogP contribution in [0.5, 0.6) is 5.88 Å². The van der Waals surface area contributed by atoms with Crippen LogP contribution >= 0.6 is 11.6 Å². The van der Waals surface area contributed by atoms with Gasteiger partial charge in [0.25, 0.3) is 0 Å². The minimum atomic E-state index is -3.34. The minimum absolute atomic E-state index is 0.0156. The van der Waals surface area contributed by atoms with E-state index in [2.05, 4.69) is 9.71 Å². The zero-order valence-corrected chi connectivity index (χ0v) is 12.0. The van der Waals surface area contributed by atoms with E-state index < -0.39 is 10.0 Å². The Balaban J connectivity index is 2.73. The summed E-state index contributed by atoms with van der Waals surface area (Å²) in [5.74, 6) is 0.411. The Labute approximate surface area is 113 Å². The molecule has 1 aromatic heterocycles. The maximum absolute atomic E-state index is 11.5. The van der Waals surface area contributed by atoms with Crippen molar-refractivity contribution < 1.29 is 13.2 Å². The van der Waals surface area contributed by atoms with Crippen LogP contribution in [0.3, 0.4) is 0 Å². The van der Waals surface area contributed by atoms with E-state index in [0.717, 1.165) is 0 Å². The van der Waals surface area contributed by atoms with Gasteiger partial charge in [-0.05, 0) is 19.9 Å². The van der Waals surface area contributed by atoms with Gasteiger partial charge in [0.1, 0.15) is 0 Å². The van der Waals surface area contributed by atoms with E-state index in [1.165, 1.54) is 0 Å². The van der Waals surface area contributed by atoms with E-state index in [9.17, 15) is 8.42 Å². The van der Waals surface area contributed by atoms with E-state index in [1.54, 1.807) is 18.3 Å². The van der Waals surface area contributed by atoms with Crippen LogP contribution in [0.1, 0.15) is 19.4 Å². The van der Waals surface area contributed by atoms with E-state index in [1.807, 2.05) is 13.8 Å². The topological polar surface area (TPSA) is 68.3 Å². The molecule has 0 amide bonds. The lowest BCUT2D eigenvalue weighted by molar-refractivity contribution is 0.230. The first-order chi connectivity index (χ1) is 8.44. The first-order valence-electron chi connectivity index (χ1n) is 5.58. The third-order valence-electron chi connectivity index (χ3n) is 2.03. The molecule has 0 aliphatic carbocycles. The highest BCUT2D eigenvalue weighted by molar-refractivity contribution is 7.89. The lowest BCUT2D eigenvalue weighted by Crippen LogP contribution is -2.27. The number of hydrogen-bond acceptors (Lipinski definition) is 4. The Morgan fingerprint density at radius 2 is 2.22 bits per heavy atom. The van der Waals surface area contributed by atoms with E-state index in [-0.39, 0.29) is 24.3 Å². The smallest absolute Gasteiger partial charge is 0.218 e. The van der Waals surface area contributed by atoms with Crippen molar-refractivity contribution in [1.82, 2.24) is 9.71 Å². The quantitative estimate of drug-likeness (QED) is 0.774. The second kappa shape index (κ2) is 6.92. The van der Waals surface area contributed by atoms with Gasteiger partial charge >= 0.3 is 0 Å². The molecule has 102 valence electrons. The maximum atomic E-state index is 11.5. The normalized spacial score (nSPS) is 11.8. The Morgan fingerprint density at radius 1 is 1.50 bits per heavy atom. The summed E-state index contributed by atoms with van der Waals surface area (Å²) in [6.45, 7) is 3.92. The second-order valence-corrected chi connectivity index (χ2v) is 6.27. The minimum Gasteiger partial charge on any atom is -0.475 e. The van der Waals surface area contributed by atoms with Crippen LogP contribution < -0.4 is 9.46 Å². The summed E-state index contributed by atoms with van der Waals surface area (Å²) >= 11 is 5.41. The summed E-state index contributed by atoms with van der Waals surface area (Å²) in [6.07, 6.45) is 1.59. The zero-order chi connectivity index (χ0) is 13.6. The highest BCUT2D eigenvalue weighted by Crippen LogP contribution is 2.15. The van der Waals surface area contributed by atoms with Crippen molar-refractivity contribution in [3.8, 4) is 5.88 Å². The molecule has 1 heterocycles. The molecule has 1 rings (SSSR count). The highest BCUT2D eigenvalue weighted by atomic mass is 35.5. The summed E-state index contributed by atoms with van der Waals surface area (Å²) in [6, 6.07) is 3.51. The molecule has 1 N–H and O–H groups in total. The van der Waals surface area contributed by atoms with Gasteiger partial charge in [0, 0.05) is 24.2 Å². The number of nitrogens with zero attached hydrogens (tertiary/aromatic N) is 1. The van der Waals surface area contributed by atoms with Gasteiger partial charge in [-0.1, -0.05) is 6.07 Å². The molecular weight excluding hydrogens is 276 g/mol. The van der Waals surface area contributed by atoms with Crippen LogP contribution in [0.15, 0.2) is 18.3 Å². The van der Waals surface area contributed by atoms with Gasteiger partial charge in [-0.15, -0.1) is 11.6 Å². The molecule has 0 radical (unpaired) electrons. The first-order valence-corrected chi connectivity index (χ1v) is 7.77. The zero-order valence-electron chi connectivity index (χ0n) is 10.4. The molecular formula is C11H17ClN2O3S. The molecule has 0 atom stereocenters. The molecule has 0 aromatic carbocycles. The molecule has 18 heavy (non-hydrogen) atoms. The number of nitrogens with one attached hydrogen (secondary N) is 1. The standard InChI is InChI=1S/C11H17ClN2O3S/c1-9(2)17-11-10(4-3-6-13-11)8-14-18(15,16)7-5-12/h3-4,6,9,14H,5,7-8H2,1-2H3. The lowest BCUT2D eigenvalue weighted by atomic mass is 10.3. The number of ether oxygens (including phenoxy) is 1. The fraction of sp³-hybridized carbons (Fsp3) is 0.545. The Bertz CT molecular complexity index is 477. The van der Waals surface area contributed by atoms with Gasteiger partial charge in [-0.2, -0.15) is 0 Å². The molecule has 0 saturated carbocycles. The fourth-order valence-corrected chi connectivity index (χ4v) is 2.58. The van der Waals surface area contributed by atoms with Gasteiger partial charge in [0.05, 0.1) is 11.9 Å². The molecule has 0 spiro atoms. The third kappa shape index (κ3) is 5.20. The summed E-state index contributed by atoms with van der Waals surface area (Å²) in [7, 11) is -3.34. The largest absolute Gasteiger partial charge is 0.475 e. The van der Waals surface area contributed by atoms with Gasteiger partial charge in [-0.3, -0.25) is 0 Å². The Kier molecular flexibility index (Phi) is 5.84. The molecule has 0 unspecified atom stereocenters. The third-order valence-corrected chi connectivity index (χ3v) is 3.76. The molecule has 0 aliphatic rings. The average molecular weight is 293 g/mol. The van der Waals surface area contributed by atoms with Crippen LogP contribution in [-0.4, -0.2) is 31.1 Å². The SMILES string of the molecule is CC(C)Oc1ncccc1CNS(=O)(=O)CCCl. The first kappa shape index (κ1) is 15.2. The number of pyridine rings is 1. The van der Waals surface area contributed by atoms with Crippen LogP contribution in [0.4, 0.5) is 0 Å². The molecule has 0 fully saturated rings. The fourth-order valence-electron chi connectivity index (χ4n) is 1.25. The second-order valence-electron chi connectivity index (χ2n) is 3.96. The molecule has 7 heteroatoms. The number of rotatable bonds is 7. The van der Waals surface area contributed by atoms with Crippen molar-refractivity contribution in [3.63, 3.8) is 0 Å². The van der Waals surface area contributed by atoms with Gasteiger partial charge < -0.3 is 4.74 Å². The molecule has 0 aliphatic heterocycles. The van der Waals surface area contributed by atoms with Crippen LogP contribution in [0, 0.1) is 0 Å². The average Bonchev–Trinajstić information content (AvgIpc) is 2.27. The Morgan fingerprint density at radius 3 is 2.83 bits per heavy atom. The van der Waals surface area contributed by atoms with Crippen molar-refractivity contribution in [2.45, 2.75) is 26.5 Å². The summed E-state index contributed by atoms with van der Waals surface area (Å²) in [4.78, 5) is 4.08. The van der Waals surface area contributed by atoms with Gasteiger partial charge in [-0.25, -0.2) is 18.1 Å². The summed E-state index contributed by atoms with van der Waals surface area (Å²) in [5.41, 5.74) is 0.698. The van der Waals surface area contributed by atoms with Crippen LogP contribution in [0.25, 0.3) is 0 Å². The van der Waals surface area contributed by atoms with Gasteiger partial charge in [0.2, 0.25) is 15.9 Å². The van der Waals surface area contributed by atoms with Crippen LogP contribution in [-0.2, 0) is 16.6 Å². The van der Waals surface area contributed by atoms with Crippen molar-refractivity contribution in [1.29, 1.82) is 0 Å².